The Labute approximate surface area is 120 Å². The number of rotatable bonds is 6. The third kappa shape index (κ3) is 7.77. The van der Waals surface area contributed by atoms with Crippen LogP contribution in [0.4, 0.5) is 0 Å². The van der Waals surface area contributed by atoms with Gasteiger partial charge in [0.15, 0.2) is 11.6 Å². The maximum Gasteiger partial charge on any atom is 0.370 e. The van der Waals surface area contributed by atoms with Gasteiger partial charge < -0.3 is 9.42 Å². The van der Waals surface area contributed by atoms with E-state index in [1.807, 2.05) is 6.92 Å². The van der Waals surface area contributed by atoms with Crippen molar-refractivity contribution in [1.82, 2.24) is 9.34 Å². The van der Waals surface area contributed by atoms with Gasteiger partial charge in [0, 0.05) is 6.54 Å². The molecule has 2 unspecified atom stereocenters. The molecule has 0 radical (unpaired) electrons. The fraction of sp³-hybridized carbons (Fsp3) is 0.800. The summed E-state index contributed by atoms with van der Waals surface area (Å²) in [4.78, 5) is 8.84. The lowest BCUT2D eigenvalue weighted by Crippen LogP contribution is -2.14. The van der Waals surface area contributed by atoms with Crippen molar-refractivity contribution in [2.24, 2.45) is 0 Å². The van der Waals surface area contributed by atoms with Crippen molar-refractivity contribution >= 4 is 15.0 Å². The van der Waals surface area contributed by atoms with Crippen LogP contribution in [0.5, 0.6) is 0 Å². The van der Waals surface area contributed by atoms with Gasteiger partial charge in [0.1, 0.15) is 0 Å². The lowest BCUT2D eigenvalue weighted by atomic mass is 10.5. The molecule has 0 spiro atoms. The Kier molecular flexibility index (Phi) is 10.9. The maximum absolute atomic E-state index is 11.2. The first-order valence-corrected chi connectivity index (χ1v) is 9.09. The molecule has 0 aromatic heterocycles. The van der Waals surface area contributed by atoms with Crippen molar-refractivity contribution < 1.29 is 18.5 Å². The van der Waals surface area contributed by atoms with Crippen LogP contribution in [-0.2, 0) is 13.7 Å². The van der Waals surface area contributed by atoms with Gasteiger partial charge in [0.05, 0.1) is 6.61 Å². The molecule has 0 saturated heterocycles. The highest BCUT2D eigenvalue weighted by molar-refractivity contribution is 7.61. The van der Waals surface area contributed by atoms with E-state index in [1.165, 1.54) is 22.2 Å². The quantitative estimate of drug-likeness (QED) is 0.739. The smallest absolute Gasteiger partial charge is 0.323 e. The molecule has 0 aliphatic carbocycles. The Morgan fingerprint density at radius 1 is 1.15 bits per heavy atom. The summed E-state index contributed by atoms with van der Waals surface area (Å²) < 4.78 is 29.3. The van der Waals surface area contributed by atoms with Crippen molar-refractivity contribution in [2.45, 2.75) is 20.3 Å². The fourth-order valence-corrected chi connectivity index (χ4v) is 2.39. The Bertz CT molecular complexity index is 455. The van der Waals surface area contributed by atoms with Crippen LogP contribution >= 0.6 is 15.0 Å². The summed E-state index contributed by atoms with van der Waals surface area (Å²) in [5.74, 6) is 3.00. The zero-order valence-electron chi connectivity index (χ0n) is 12.5. The summed E-state index contributed by atoms with van der Waals surface area (Å²) >= 11 is 0. The SMILES string of the molecule is CCCN(C)P(=O)(O)C#N.CCOP(=O)(C#N)N(C)C. The molecule has 8 nitrogen and oxygen atoms in total. The summed E-state index contributed by atoms with van der Waals surface area (Å²) in [5.41, 5.74) is 0. The predicted octanol–water partition coefficient (Wildman–Crippen LogP) is 2.25. The molecule has 0 rings (SSSR count). The third-order valence-corrected chi connectivity index (χ3v) is 5.40. The number of hydrogen-bond donors (Lipinski definition) is 1. The minimum atomic E-state index is -3.64. The molecule has 0 aliphatic rings. The van der Waals surface area contributed by atoms with E-state index in [1.54, 1.807) is 26.8 Å². The second-order valence-electron chi connectivity index (χ2n) is 3.91. The lowest BCUT2D eigenvalue weighted by molar-refractivity contribution is 0.307. The van der Waals surface area contributed by atoms with Gasteiger partial charge in [0.2, 0.25) is 0 Å². The van der Waals surface area contributed by atoms with Crippen LogP contribution in [0.3, 0.4) is 0 Å². The molecule has 0 heterocycles. The first-order valence-electron chi connectivity index (χ1n) is 5.90. The Morgan fingerprint density at radius 2 is 1.65 bits per heavy atom. The highest BCUT2D eigenvalue weighted by Gasteiger charge is 2.24. The summed E-state index contributed by atoms with van der Waals surface area (Å²) in [6.45, 7) is 4.35. The zero-order chi connectivity index (χ0) is 16.4. The molecule has 0 saturated carbocycles. The number of nitriles is 2. The van der Waals surface area contributed by atoms with Gasteiger partial charge in [-0.15, -0.1) is 0 Å². The molecule has 0 aromatic rings. The molecule has 20 heavy (non-hydrogen) atoms. The molecule has 10 heteroatoms. The first-order chi connectivity index (χ1) is 9.11. The Balaban J connectivity index is 0. The van der Waals surface area contributed by atoms with Gasteiger partial charge in [-0.25, -0.2) is 9.34 Å². The van der Waals surface area contributed by atoms with Gasteiger partial charge in [-0.05, 0) is 34.5 Å². The normalized spacial score (nSPS) is 16.3. The molecule has 1 N–H and O–H groups in total. The molecular formula is C10H22N4O4P2. The summed E-state index contributed by atoms with van der Waals surface area (Å²) in [6.07, 6.45) is 0.767. The number of nitrogens with zero attached hydrogens (tertiary/aromatic N) is 4. The molecule has 0 fully saturated rings. The second kappa shape index (κ2) is 10.1. The van der Waals surface area contributed by atoms with E-state index in [0.29, 0.717) is 13.2 Å². The first kappa shape index (κ1) is 21.6. The molecule has 0 amide bonds. The van der Waals surface area contributed by atoms with E-state index in [4.69, 9.17) is 19.9 Å². The number of hydrogen-bond acceptors (Lipinski definition) is 5. The van der Waals surface area contributed by atoms with E-state index in [9.17, 15) is 9.13 Å². The van der Waals surface area contributed by atoms with Crippen molar-refractivity contribution in [2.75, 3.05) is 34.3 Å². The molecule has 2 atom stereocenters. The Hall–Kier alpha value is -0.720. The van der Waals surface area contributed by atoms with E-state index in [-0.39, 0.29) is 0 Å². The van der Waals surface area contributed by atoms with Gasteiger partial charge in [-0.2, -0.15) is 10.5 Å². The van der Waals surface area contributed by atoms with Gasteiger partial charge in [0.25, 0.3) is 0 Å². The van der Waals surface area contributed by atoms with Crippen molar-refractivity contribution in [1.29, 1.82) is 10.5 Å². The summed E-state index contributed by atoms with van der Waals surface area (Å²) in [6, 6.07) is 0. The molecule has 0 aromatic carbocycles. The summed E-state index contributed by atoms with van der Waals surface area (Å²) in [5, 5.41) is 16.6. The molecular weight excluding hydrogens is 302 g/mol. The van der Waals surface area contributed by atoms with E-state index in [2.05, 4.69) is 0 Å². The topological polar surface area (TPSA) is 118 Å². The minimum Gasteiger partial charge on any atom is -0.323 e. The lowest BCUT2D eigenvalue weighted by Gasteiger charge is -2.15. The predicted molar refractivity (Wildman–Crippen MR) is 76.9 cm³/mol. The fourth-order valence-electron chi connectivity index (χ4n) is 0.944. The molecule has 0 bridgehead atoms. The third-order valence-electron chi connectivity index (χ3n) is 2.10. The average molecular weight is 324 g/mol. The van der Waals surface area contributed by atoms with E-state index < -0.39 is 15.0 Å². The van der Waals surface area contributed by atoms with Crippen LogP contribution in [0.15, 0.2) is 0 Å². The van der Waals surface area contributed by atoms with Gasteiger partial charge in [-0.3, -0.25) is 9.13 Å². The maximum atomic E-state index is 11.2. The standard InChI is InChI=1S/2C5H11N2O2P/c1-4-9-10(8,5-6)7(2)3;1-3-4-7(2)10(8,9)5-6/h4H2,1-3H3;3-4H2,1-2H3,(H,8,9). The molecule has 0 aliphatic heterocycles. The van der Waals surface area contributed by atoms with Crippen molar-refractivity contribution in [3.8, 4) is 11.6 Å². The Morgan fingerprint density at radius 3 is 1.85 bits per heavy atom. The van der Waals surface area contributed by atoms with Crippen LogP contribution in [0.2, 0.25) is 0 Å². The second-order valence-corrected chi connectivity index (χ2v) is 8.18. The molecule has 116 valence electrons. The van der Waals surface area contributed by atoms with E-state index in [0.717, 1.165) is 6.42 Å². The average Bonchev–Trinajstić information content (AvgIpc) is 2.39. The highest BCUT2D eigenvalue weighted by atomic mass is 31.2. The van der Waals surface area contributed by atoms with Gasteiger partial charge in [-0.1, -0.05) is 6.92 Å². The van der Waals surface area contributed by atoms with Crippen LogP contribution in [-0.4, -0.2) is 48.5 Å². The van der Waals surface area contributed by atoms with Crippen molar-refractivity contribution in [3.05, 3.63) is 0 Å². The summed E-state index contributed by atoms with van der Waals surface area (Å²) in [7, 11) is -2.20. The zero-order valence-corrected chi connectivity index (χ0v) is 14.3. The van der Waals surface area contributed by atoms with Crippen LogP contribution in [0.1, 0.15) is 20.3 Å². The van der Waals surface area contributed by atoms with E-state index >= 15 is 0 Å². The van der Waals surface area contributed by atoms with Crippen molar-refractivity contribution in [3.63, 3.8) is 0 Å². The minimum absolute atomic E-state index is 0.295. The van der Waals surface area contributed by atoms with Crippen LogP contribution in [0, 0.1) is 22.1 Å². The highest BCUT2D eigenvalue weighted by Crippen LogP contribution is 2.46. The largest absolute Gasteiger partial charge is 0.370 e. The van der Waals surface area contributed by atoms with Crippen LogP contribution in [0.25, 0.3) is 0 Å². The van der Waals surface area contributed by atoms with Crippen LogP contribution < -0.4 is 0 Å². The van der Waals surface area contributed by atoms with Gasteiger partial charge >= 0.3 is 15.0 Å². The monoisotopic (exact) mass is 324 g/mol.